The number of hydrogen-bond donors (Lipinski definition) is 1. The van der Waals surface area contributed by atoms with E-state index < -0.39 is 0 Å². The maximum absolute atomic E-state index is 3.91. The third kappa shape index (κ3) is 3.57. The molecule has 3 aliphatic rings. The van der Waals surface area contributed by atoms with Crippen molar-refractivity contribution in [2.45, 2.75) is 71.4 Å². The first-order valence-corrected chi connectivity index (χ1v) is 9.11. The monoisotopic (exact) mass is 278 g/mol. The molecule has 2 saturated carbocycles. The minimum atomic E-state index is 0.748. The van der Waals surface area contributed by atoms with E-state index in [1.54, 1.807) is 0 Å². The summed E-state index contributed by atoms with van der Waals surface area (Å²) in [5, 5.41) is 3.91. The molecule has 2 nitrogen and oxygen atoms in total. The van der Waals surface area contributed by atoms with Crippen LogP contribution in [0.3, 0.4) is 0 Å². The van der Waals surface area contributed by atoms with Gasteiger partial charge >= 0.3 is 0 Å². The van der Waals surface area contributed by atoms with Crippen molar-refractivity contribution in [1.82, 2.24) is 10.2 Å². The Hall–Kier alpha value is -0.0800. The molecule has 0 aromatic carbocycles. The highest BCUT2D eigenvalue weighted by molar-refractivity contribution is 4.92. The normalized spacial score (nSPS) is 34.2. The van der Waals surface area contributed by atoms with Crippen LogP contribution in [0.1, 0.15) is 59.3 Å². The summed E-state index contributed by atoms with van der Waals surface area (Å²) in [6.45, 7) is 11.2. The van der Waals surface area contributed by atoms with Crippen molar-refractivity contribution in [2.24, 2.45) is 23.7 Å². The number of hydrogen-bond acceptors (Lipinski definition) is 2. The molecule has 0 aromatic rings. The fourth-order valence-electron chi connectivity index (χ4n) is 4.04. The molecule has 1 N–H and O–H groups in total. The topological polar surface area (TPSA) is 15.3 Å². The molecule has 3 unspecified atom stereocenters. The van der Waals surface area contributed by atoms with Gasteiger partial charge in [-0.1, -0.05) is 20.3 Å². The molecule has 0 radical (unpaired) electrons. The SMILES string of the molecule is CC(C)C1CC(NCC2CCC2)CN(C(C)C2CC2)C1. The summed E-state index contributed by atoms with van der Waals surface area (Å²) in [5.74, 6) is 3.72. The van der Waals surface area contributed by atoms with Crippen molar-refractivity contribution >= 4 is 0 Å². The van der Waals surface area contributed by atoms with Crippen LogP contribution in [0.2, 0.25) is 0 Å². The molecule has 1 heterocycles. The van der Waals surface area contributed by atoms with Crippen molar-refractivity contribution in [1.29, 1.82) is 0 Å². The first-order chi connectivity index (χ1) is 9.63. The highest BCUT2D eigenvalue weighted by Crippen LogP contribution is 2.37. The first kappa shape index (κ1) is 14.8. The van der Waals surface area contributed by atoms with Crippen LogP contribution < -0.4 is 5.32 Å². The molecule has 1 aliphatic heterocycles. The van der Waals surface area contributed by atoms with Gasteiger partial charge in [0.15, 0.2) is 0 Å². The second-order valence-electron chi connectivity index (χ2n) is 8.17. The van der Waals surface area contributed by atoms with E-state index in [-0.39, 0.29) is 0 Å². The van der Waals surface area contributed by atoms with Gasteiger partial charge in [-0.15, -0.1) is 0 Å². The van der Waals surface area contributed by atoms with E-state index in [1.807, 2.05) is 0 Å². The fourth-order valence-corrected chi connectivity index (χ4v) is 4.04. The molecule has 3 atom stereocenters. The molecule has 0 aromatic heterocycles. The molecule has 0 amide bonds. The Labute approximate surface area is 125 Å². The summed E-state index contributed by atoms with van der Waals surface area (Å²) in [4.78, 5) is 2.81. The molecule has 2 aliphatic carbocycles. The average Bonchev–Trinajstić information content (AvgIpc) is 3.20. The highest BCUT2D eigenvalue weighted by atomic mass is 15.2. The predicted molar refractivity (Wildman–Crippen MR) is 85.8 cm³/mol. The van der Waals surface area contributed by atoms with Crippen LogP contribution >= 0.6 is 0 Å². The Morgan fingerprint density at radius 2 is 1.75 bits per heavy atom. The summed E-state index contributed by atoms with van der Waals surface area (Å²) in [7, 11) is 0. The van der Waals surface area contributed by atoms with Crippen molar-refractivity contribution in [3.63, 3.8) is 0 Å². The van der Waals surface area contributed by atoms with Crippen molar-refractivity contribution in [3.8, 4) is 0 Å². The lowest BCUT2D eigenvalue weighted by Gasteiger charge is -2.43. The van der Waals surface area contributed by atoms with Crippen LogP contribution in [0.4, 0.5) is 0 Å². The molecule has 0 spiro atoms. The van der Waals surface area contributed by atoms with Crippen LogP contribution in [0.5, 0.6) is 0 Å². The number of rotatable bonds is 6. The number of piperidine rings is 1. The minimum absolute atomic E-state index is 0.748. The predicted octanol–water partition coefficient (Wildman–Crippen LogP) is 3.52. The molecule has 0 bridgehead atoms. The van der Waals surface area contributed by atoms with Crippen LogP contribution in [-0.4, -0.2) is 36.6 Å². The van der Waals surface area contributed by atoms with Gasteiger partial charge in [0.05, 0.1) is 0 Å². The highest BCUT2D eigenvalue weighted by Gasteiger charge is 2.37. The lowest BCUT2D eigenvalue weighted by molar-refractivity contribution is 0.0731. The van der Waals surface area contributed by atoms with Crippen LogP contribution in [-0.2, 0) is 0 Å². The van der Waals surface area contributed by atoms with Gasteiger partial charge in [-0.3, -0.25) is 4.90 Å². The Morgan fingerprint density at radius 3 is 2.30 bits per heavy atom. The van der Waals surface area contributed by atoms with E-state index in [1.165, 1.54) is 58.2 Å². The summed E-state index contributed by atoms with van der Waals surface area (Å²) in [6, 6.07) is 1.57. The summed E-state index contributed by atoms with van der Waals surface area (Å²) < 4.78 is 0. The zero-order valence-electron chi connectivity index (χ0n) is 13.8. The maximum atomic E-state index is 3.91. The Balaban J connectivity index is 1.54. The van der Waals surface area contributed by atoms with E-state index >= 15 is 0 Å². The molecule has 3 fully saturated rings. The number of likely N-dealkylation sites (tertiary alicyclic amines) is 1. The molecule has 20 heavy (non-hydrogen) atoms. The van der Waals surface area contributed by atoms with Gasteiger partial charge in [-0.05, 0) is 69.2 Å². The molecule has 2 heteroatoms. The van der Waals surface area contributed by atoms with Gasteiger partial charge in [0.1, 0.15) is 0 Å². The molecule has 1 saturated heterocycles. The van der Waals surface area contributed by atoms with Crippen molar-refractivity contribution < 1.29 is 0 Å². The van der Waals surface area contributed by atoms with E-state index in [0.717, 1.165) is 35.8 Å². The van der Waals surface area contributed by atoms with Crippen LogP contribution in [0.25, 0.3) is 0 Å². The zero-order chi connectivity index (χ0) is 14.1. The lowest BCUT2D eigenvalue weighted by atomic mass is 9.83. The summed E-state index contributed by atoms with van der Waals surface area (Å²) >= 11 is 0. The number of nitrogens with one attached hydrogen (secondary N) is 1. The second-order valence-corrected chi connectivity index (χ2v) is 8.17. The van der Waals surface area contributed by atoms with E-state index in [9.17, 15) is 0 Å². The van der Waals surface area contributed by atoms with E-state index in [2.05, 4.69) is 31.0 Å². The Kier molecular flexibility index (Phi) is 4.72. The molecular formula is C18H34N2. The van der Waals surface area contributed by atoms with Gasteiger partial charge in [0.2, 0.25) is 0 Å². The van der Waals surface area contributed by atoms with Crippen LogP contribution in [0.15, 0.2) is 0 Å². The molecule has 116 valence electrons. The summed E-state index contributed by atoms with van der Waals surface area (Å²) in [6.07, 6.45) is 8.76. The lowest BCUT2D eigenvalue weighted by Crippen LogP contribution is -2.54. The fraction of sp³-hybridized carbons (Fsp3) is 1.00. The van der Waals surface area contributed by atoms with Crippen molar-refractivity contribution in [3.05, 3.63) is 0 Å². The average molecular weight is 278 g/mol. The second kappa shape index (κ2) is 6.36. The van der Waals surface area contributed by atoms with Gasteiger partial charge in [0.25, 0.3) is 0 Å². The van der Waals surface area contributed by atoms with Crippen LogP contribution in [0, 0.1) is 23.7 Å². The number of nitrogens with zero attached hydrogens (tertiary/aromatic N) is 1. The Bertz CT molecular complexity index is 307. The van der Waals surface area contributed by atoms with Crippen molar-refractivity contribution in [2.75, 3.05) is 19.6 Å². The van der Waals surface area contributed by atoms with E-state index in [4.69, 9.17) is 0 Å². The zero-order valence-corrected chi connectivity index (χ0v) is 13.8. The van der Waals surface area contributed by atoms with Gasteiger partial charge in [0, 0.05) is 25.2 Å². The third-order valence-corrected chi connectivity index (χ3v) is 6.25. The van der Waals surface area contributed by atoms with Gasteiger partial charge in [-0.2, -0.15) is 0 Å². The third-order valence-electron chi connectivity index (χ3n) is 6.25. The minimum Gasteiger partial charge on any atom is -0.312 e. The quantitative estimate of drug-likeness (QED) is 0.800. The molecular weight excluding hydrogens is 244 g/mol. The van der Waals surface area contributed by atoms with Gasteiger partial charge < -0.3 is 5.32 Å². The van der Waals surface area contributed by atoms with E-state index in [0.29, 0.717) is 0 Å². The summed E-state index contributed by atoms with van der Waals surface area (Å²) in [5.41, 5.74) is 0. The molecule has 3 rings (SSSR count). The maximum Gasteiger partial charge on any atom is 0.0198 e. The smallest absolute Gasteiger partial charge is 0.0198 e. The Morgan fingerprint density at radius 1 is 1.00 bits per heavy atom. The first-order valence-electron chi connectivity index (χ1n) is 9.11. The largest absolute Gasteiger partial charge is 0.312 e. The standard InChI is InChI=1S/C18H34N2/c1-13(2)17-9-18(19-10-15-5-4-6-15)12-20(11-17)14(3)16-7-8-16/h13-19H,4-12H2,1-3H3. The van der Waals surface area contributed by atoms with Gasteiger partial charge in [-0.25, -0.2) is 0 Å².